The van der Waals surface area contributed by atoms with Crippen LogP contribution in [0.25, 0.3) is 0 Å². The summed E-state index contributed by atoms with van der Waals surface area (Å²) in [5.41, 5.74) is 1.18. The van der Waals surface area contributed by atoms with Crippen molar-refractivity contribution in [2.24, 2.45) is 4.99 Å². The van der Waals surface area contributed by atoms with E-state index in [4.69, 9.17) is 9.15 Å². The number of benzene rings is 1. The highest BCUT2D eigenvalue weighted by Crippen LogP contribution is 2.00. The van der Waals surface area contributed by atoms with Crippen LogP contribution in [0.1, 0.15) is 18.2 Å². The number of nitrogens with one attached hydrogen (secondary N) is 2. The SMILES string of the molecule is CCNC(=NCCOCc1ccccc1)NCCc1ccco1. The molecule has 0 radical (unpaired) electrons. The van der Waals surface area contributed by atoms with Crippen LogP contribution in [-0.4, -0.2) is 32.2 Å². The number of hydrogen-bond donors (Lipinski definition) is 2. The van der Waals surface area contributed by atoms with Gasteiger partial charge in [-0.3, -0.25) is 4.99 Å². The first-order valence-electron chi connectivity index (χ1n) is 8.04. The molecule has 1 heterocycles. The van der Waals surface area contributed by atoms with Gasteiger partial charge in [-0.25, -0.2) is 0 Å². The summed E-state index contributed by atoms with van der Waals surface area (Å²) in [5, 5.41) is 6.51. The van der Waals surface area contributed by atoms with Crippen LogP contribution in [0.4, 0.5) is 0 Å². The first kappa shape index (κ1) is 17.1. The normalized spacial score (nSPS) is 11.4. The van der Waals surface area contributed by atoms with E-state index in [2.05, 4.69) is 34.7 Å². The predicted molar refractivity (Wildman–Crippen MR) is 92.5 cm³/mol. The monoisotopic (exact) mass is 315 g/mol. The highest BCUT2D eigenvalue weighted by atomic mass is 16.5. The zero-order chi connectivity index (χ0) is 16.2. The molecule has 124 valence electrons. The smallest absolute Gasteiger partial charge is 0.191 e. The molecule has 0 saturated carbocycles. The lowest BCUT2D eigenvalue weighted by Gasteiger charge is -2.10. The van der Waals surface area contributed by atoms with E-state index in [-0.39, 0.29) is 0 Å². The molecule has 0 bridgehead atoms. The number of nitrogens with zero attached hydrogens (tertiary/aromatic N) is 1. The molecule has 5 nitrogen and oxygen atoms in total. The van der Waals surface area contributed by atoms with E-state index in [0.717, 1.165) is 31.2 Å². The minimum atomic E-state index is 0.601. The van der Waals surface area contributed by atoms with Crippen molar-refractivity contribution in [3.8, 4) is 0 Å². The highest BCUT2D eigenvalue weighted by Gasteiger charge is 1.99. The molecule has 23 heavy (non-hydrogen) atoms. The van der Waals surface area contributed by atoms with E-state index < -0.39 is 0 Å². The lowest BCUT2D eigenvalue weighted by atomic mass is 10.2. The molecule has 0 aliphatic rings. The second kappa shape index (κ2) is 10.5. The molecule has 2 aromatic rings. The lowest BCUT2D eigenvalue weighted by Crippen LogP contribution is -2.38. The Hall–Kier alpha value is -2.27. The van der Waals surface area contributed by atoms with Crippen LogP contribution in [0.5, 0.6) is 0 Å². The van der Waals surface area contributed by atoms with Crippen LogP contribution in [0.15, 0.2) is 58.1 Å². The molecule has 0 spiro atoms. The van der Waals surface area contributed by atoms with Gasteiger partial charge in [0.1, 0.15) is 5.76 Å². The summed E-state index contributed by atoms with van der Waals surface area (Å²) >= 11 is 0. The second-order valence-electron chi connectivity index (χ2n) is 5.05. The zero-order valence-electron chi connectivity index (χ0n) is 13.6. The van der Waals surface area contributed by atoms with Crippen molar-refractivity contribution >= 4 is 5.96 Å². The van der Waals surface area contributed by atoms with Crippen LogP contribution in [0, 0.1) is 0 Å². The molecule has 0 saturated heterocycles. The molecule has 1 aromatic heterocycles. The van der Waals surface area contributed by atoms with Gasteiger partial charge in [0, 0.05) is 19.5 Å². The van der Waals surface area contributed by atoms with Gasteiger partial charge in [0.2, 0.25) is 0 Å². The summed E-state index contributed by atoms with van der Waals surface area (Å²) in [6, 6.07) is 14.0. The van der Waals surface area contributed by atoms with Crippen molar-refractivity contribution < 1.29 is 9.15 Å². The molecule has 0 amide bonds. The molecule has 0 aliphatic heterocycles. The molecule has 0 fully saturated rings. The fourth-order valence-electron chi connectivity index (χ4n) is 2.09. The Labute approximate surface area is 137 Å². The second-order valence-corrected chi connectivity index (χ2v) is 5.05. The van der Waals surface area contributed by atoms with Crippen LogP contribution in [-0.2, 0) is 17.8 Å². The summed E-state index contributed by atoms with van der Waals surface area (Å²) in [5.74, 6) is 1.78. The molecule has 0 unspecified atom stereocenters. The van der Waals surface area contributed by atoms with E-state index in [9.17, 15) is 0 Å². The number of ether oxygens (including phenoxy) is 1. The minimum absolute atomic E-state index is 0.601. The standard InChI is InChI=1S/C18H25N3O2/c1-2-19-18(20-11-10-17-9-6-13-23-17)21-12-14-22-15-16-7-4-3-5-8-16/h3-9,13H,2,10-12,14-15H2,1H3,(H2,19,20,21). The third-order valence-corrected chi connectivity index (χ3v) is 3.21. The van der Waals surface area contributed by atoms with Crippen LogP contribution >= 0.6 is 0 Å². The van der Waals surface area contributed by atoms with Gasteiger partial charge in [0.05, 0.1) is 26.0 Å². The Bertz CT molecular complexity index is 553. The summed E-state index contributed by atoms with van der Waals surface area (Å²) < 4.78 is 10.9. The van der Waals surface area contributed by atoms with Crippen LogP contribution < -0.4 is 10.6 Å². The molecule has 0 aliphatic carbocycles. The molecule has 2 N–H and O–H groups in total. The molecule has 2 rings (SSSR count). The maximum absolute atomic E-state index is 5.63. The minimum Gasteiger partial charge on any atom is -0.469 e. The molecule has 1 aromatic carbocycles. The van der Waals surface area contributed by atoms with Crippen molar-refractivity contribution in [3.05, 3.63) is 60.1 Å². The van der Waals surface area contributed by atoms with Gasteiger partial charge in [-0.2, -0.15) is 0 Å². The summed E-state index contributed by atoms with van der Waals surface area (Å²) in [4.78, 5) is 4.50. The van der Waals surface area contributed by atoms with Gasteiger partial charge in [-0.05, 0) is 24.6 Å². The fraction of sp³-hybridized carbons (Fsp3) is 0.389. The number of furan rings is 1. The van der Waals surface area contributed by atoms with Gasteiger partial charge in [-0.1, -0.05) is 30.3 Å². The van der Waals surface area contributed by atoms with Crippen molar-refractivity contribution in [1.29, 1.82) is 0 Å². The van der Waals surface area contributed by atoms with Gasteiger partial charge >= 0.3 is 0 Å². The Morgan fingerprint density at radius 2 is 2.00 bits per heavy atom. The predicted octanol–water partition coefficient (Wildman–Crippen LogP) is 2.59. The number of aliphatic imine (C=N–C) groups is 1. The average Bonchev–Trinajstić information content (AvgIpc) is 3.09. The van der Waals surface area contributed by atoms with Crippen molar-refractivity contribution in [3.63, 3.8) is 0 Å². The van der Waals surface area contributed by atoms with E-state index in [1.165, 1.54) is 5.56 Å². The summed E-state index contributed by atoms with van der Waals surface area (Å²) in [6.07, 6.45) is 2.53. The van der Waals surface area contributed by atoms with Crippen LogP contribution in [0.2, 0.25) is 0 Å². The van der Waals surface area contributed by atoms with E-state index in [1.807, 2.05) is 30.3 Å². The quantitative estimate of drug-likeness (QED) is 0.424. The number of hydrogen-bond acceptors (Lipinski definition) is 3. The number of guanidine groups is 1. The van der Waals surface area contributed by atoms with E-state index in [0.29, 0.717) is 19.8 Å². The first-order valence-corrected chi connectivity index (χ1v) is 8.04. The third kappa shape index (κ3) is 7.02. The maximum atomic E-state index is 5.63. The number of rotatable bonds is 9. The Morgan fingerprint density at radius 1 is 1.13 bits per heavy atom. The van der Waals surface area contributed by atoms with Gasteiger partial charge in [0.25, 0.3) is 0 Å². The van der Waals surface area contributed by atoms with Gasteiger partial charge in [0.15, 0.2) is 5.96 Å². The van der Waals surface area contributed by atoms with Gasteiger partial charge in [-0.15, -0.1) is 0 Å². The van der Waals surface area contributed by atoms with E-state index in [1.54, 1.807) is 6.26 Å². The summed E-state index contributed by atoms with van der Waals surface area (Å²) in [7, 11) is 0. The molecular formula is C18H25N3O2. The molecular weight excluding hydrogens is 290 g/mol. The Balaban J connectivity index is 1.64. The van der Waals surface area contributed by atoms with Crippen molar-refractivity contribution in [1.82, 2.24) is 10.6 Å². The maximum Gasteiger partial charge on any atom is 0.191 e. The zero-order valence-corrected chi connectivity index (χ0v) is 13.6. The van der Waals surface area contributed by atoms with Crippen LogP contribution in [0.3, 0.4) is 0 Å². The lowest BCUT2D eigenvalue weighted by molar-refractivity contribution is 0.128. The fourth-order valence-corrected chi connectivity index (χ4v) is 2.09. The van der Waals surface area contributed by atoms with Crippen molar-refractivity contribution in [2.45, 2.75) is 20.0 Å². The highest BCUT2D eigenvalue weighted by molar-refractivity contribution is 5.79. The topological polar surface area (TPSA) is 58.8 Å². The first-order chi connectivity index (χ1) is 11.4. The molecule has 5 heteroatoms. The molecule has 0 atom stereocenters. The average molecular weight is 315 g/mol. The third-order valence-electron chi connectivity index (χ3n) is 3.21. The van der Waals surface area contributed by atoms with Gasteiger partial charge < -0.3 is 19.8 Å². The largest absolute Gasteiger partial charge is 0.469 e. The van der Waals surface area contributed by atoms with Crippen molar-refractivity contribution in [2.75, 3.05) is 26.2 Å². The van der Waals surface area contributed by atoms with E-state index >= 15 is 0 Å². The Kier molecular flexibility index (Phi) is 7.77. The summed E-state index contributed by atoms with van der Waals surface area (Å²) in [6.45, 7) is 5.52. The Morgan fingerprint density at radius 3 is 2.74 bits per heavy atom.